The van der Waals surface area contributed by atoms with Gasteiger partial charge in [0.1, 0.15) is 0 Å². The zero-order chi connectivity index (χ0) is 18.9. The van der Waals surface area contributed by atoms with E-state index in [0.29, 0.717) is 6.42 Å². The van der Waals surface area contributed by atoms with Gasteiger partial charge in [0.15, 0.2) is 0 Å². The molecule has 154 valence electrons. The van der Waals surface area contributed by atoms with Crippen molar-refractivity contribution in [2.45, 2.75) is 23.1 Å². The number of rotatable bonds is 8. The van der Waals surface area contributed by atoms with Crippen molar-refractivity contribution in [3.05, 3.63) is 90.3 Å². The molecule has 1 heterocycles. The van der Waals surface area contributed by atoms with Crippen LogP contribution in [0.15, 0.2) is 84.0 Å². The van der Waals surface area contributed by atoms with E-state index in [1.807, 2.05) is 42.5 Å². The number of nitrogens with one attached hydrogen (secondary N) is 2. The molecule has 1 aromatic heterocycles. The number of anilines is 1. The van der Waals surface area contributed by atoms with Gasteiger partial charge in [0, 0.05) is 28.7 Å². The predicted molar refractivity (Wildman–Crippen MR) is 126 cm³/mol. The smallest absolute Gasteiger partial charge is 0.241 e. The van der Waals surface area contributed by atoms with E-state index in [0.717, 1.165) is 17.0 Å². The Bertz CT molecular complexity index is 849. The first kappa shape index (κ1) is 25.0. The van der Waals surface area contributed by atoms with Gasteiger partial charge in [-0.3, -0.25) is 9.78 Å². The van der Waals surface area contributed by atoms with Gasteiger partial charge in [-0.05, 0) is 54.9 Å². The number of halogens is 2. The number of thioether (sulfide) groups is 1. The van der Waals surface area contributed by atoms with Crippen LogP contribution in [0.25, 0.3) is 0 Å². The van der Waals surface area contributed by atoms with Crippen molar-refractivity contribution in [3.8, 4) is 0 Å². The number of benzene rings is 2. The molecule has 0 saturated heterocycles. The zero-order valence-electron chi connectivity index (χ0n) is 16.1. The van der Waals surface area contributed by atoms with Crippen molar-refractivity contribution < 1.29 is 4.79 Å². The van der Waals surface area contributed by atoms with Gasteiger partial charge < -0.3 is 10.6 Å². The van der Waals surface area contributed by atoms with Gasteiger partial charge in [0.25, 0.3) is 0 Å². The van der Waals surface area contributed by atoms with Crippen molar-refractivity contribution in [3.63, 3.8) is 0 Å². The Morgan fingerprint density at radius 2 is 1.66 bits per heavy atom. The van der Waals surface area contributed by atoms with Crippen LogP contribution in [0.3, 0.4) is 0 Å². The highest BCUT2D eigenvalue weighted by Crippen LogP contribution is 2.24. The molecule has 29 heavy (non-hydrogen) atoms. The number of amides is 1. The minimum Gasteiger partial charge on any atom is -0.325 e. The fourth-order valence-electron chi connectivity index (χ4n) is 2.69. The second kappa shape index (κ2) is 13.2. The monoisotopic (exact) mass is 449 g/mol. The molecule has 1 atom stereocenters. The Morgan fingerprint density at radius 1 is 0.966 bits per heavy atom. The van der Waals surface area contributed by atoms with Crippen LogP contribution in [-0.2, 0) is 17.0 Å². The molecule has 1 amide bonds. The van der Waals surface area contributed by atoms with Gasteiger partial charge in [-0.2, -0.15) is 0 Å². The Balaban J connectivity index is 0.00000210. The minimum atomic E-state index is -0.304. The molecule has 0 aliphatic carbocycles. The fourth-order valence-corrected chi connectivity index (χ4v) is 3.54. The van der Waals surface area contributed by atoms with Crippen molar-refractivity contribution in [2.24, 2.45) is 0 Å². The van der Waals surface area contributed by atoms with Crippen molar-refractivity contribution in [2.75, 3.05) is 12.4 Å². The van der Waals surface area contributed by atoms with Gasteiger partial charge in [0.05, 0.1) is 6.04 Å². The second-order valence-corrected chi connectivity index (χ2v) is 7.24. The Hall–Kier alpha value is -2.05. The number of nitrogens with zero attached hydrogens (tertiary/aromatic N) is 1. The van der Waals surface area contributed by atoms with E-state index in [-0.39, 0.29) is 36.8 Å². The minimum absolute atomic E-state index is 0. The van der Waals surface area contributed by atoms with Crippen LogP contribution in [0.5, 0.6) is 0 Å². The van der Waals surface area contributed by atoms with Crippen LogP contribution >= 0.6 is 36.6 Å². The average Bonchev–Trinajstić information content (AvgIpc) is 2.73. The number of carbonyl (C=O) groups is 1. The third kappa shape index (κ3) is 8.07. The molecular weight excluding hydrogens is 425 g/mol. The summed E-state index contributed by atoms with van der Waals surface area (Å²) in [5.41, 5.74) is 3.13. The van der Waals surface area contributed by atoms with Crippen LogP contribution in [0.4, 0.5) is 5.69 Å². The Kier molecular flexibility index (Phi) is 11.4. The molecule has 3 aromatic rings. The lowest BCUT2D eigenvalue weighted by atomic mass is 10.1. The third-order valence-corrected chi connectivity index (χ3v) is 5.28. The summed E-state index contributed by atoms with van der Waals surface area (Å²) in [6.07, 6.45) is 4.12. The van der Waals surface area contributed by atoms with Gasteiger partial charge in [0.2, 0.25) is 5.91 Å². The zero-order valence-corrected chi connectivity index (χ0v) is 18.5. The largest absolute Gasteiger partial charge is 0.325 e. The summed E-state index contributed by atoms with van der Waals surface area (Å²) >= 11 is 1.78. The number of likely N-dealkylation sites (N-methyl/N-ethyl adjacent to an activating group) is 1. The van der Waals surface area contributed by atoms with Crippen LogP contribution in [0, 0.1) is 0 Å². The maximum Gasteiger partial charge on any atom is 0.241 e. The van der Waals surface area contributed by atoms with Crippen LogP contribution in [0.2, 0.25) is 0 Å². The summed E-state index contributed by atoms with van der Waals surface area (Å²) < 4.78 is 0. The summed E-state index contributed by atoms with van der Waals surface area (Å²) in [6, 6.07) is 21.9. The molecule has 2 aromatic carbocycles. The summed E-state index contributed by atoms with van der Waals surface area (Å²) in [7, 11) is 1.80. The summed E-state index contributed by atoms with van der Waals surface area (Å²) in [6.45, 7) is 0. The van der Waals surface area contributed by atoms with Crippen molar-refractivity contribution in [1.82, 2.24) is 10.3 Å². The molecule has 2 N–H and O–H groups in total. The Labute approximate surface area is 188 Å². The Morgan fingerprint density at radius 3 is 2.28 bits per heavy atom. The SMILES string of the molecule is CNC(Cc1cccnc1)C(=O)Nc1ccc(SCc2ccccc2)cc1.Cl.Cl. The highest BCUT2D eigenvalue weighted by molar-refractivity contribution is 7.98. The molecule has 0 fully saturated rings. The van der Waals surface area contributed by atoms with Crippen molar-refractivity contribution in [1.29, 1.82) is 0 Å². The van der Waals surface area contributed by atoms with Crippen LogP contribution < -0.4 is 10.6 Å². The fraction of sp³-hybridized carbons (Fsp3) is 0.182. The molecule has 1 unspecified atom stereocenters. The molecule has 0 aliphatic heterocycles. The predicted octanol–water partition coefficient (Wildman–Crippen LogP) is 4.99. The lowest BCUT2D eigenvalue weighted by Crippen LogP contribution is -2.40. The van der Waals surface area contributed by atoms with E-state index in [1.165, 1.54) is 10.5 Å². The molecule has 0 bridgehead atoms. The highest BCUT2D eigenvalue weighted by atomic mass is 35.5. The van der Waals surface area contributed by atoms with Crippen molar-refractivity contribution >= 4 is 48.2 Å². The first-order valence-electron chi connectivity index (χ1n) is 8.88. The topological polar surface area (TPSA) is 54.0 Å². The van der Waals surface area contributed by atoms with E-state index in [9.17, 15) is 4.79 Å². The molecular formula is C22H25Cl2N3OS. The van der Waals surface area contributed by atoms with Gasteiger partial charge in [-0.15, -0.1) is 36.6 Å². The molecule has 0 radical (unpaired) electrons. The first-order chi connectivity index (χ1) is 13.2. The lowest BCUT2D eigenvalue weighted by Gasteiger charge is -2.16. The third-order valence-electron chi connectivity index (χ3n) is 4.20. The van der Waals surface area contributed by atoms with E-state index in [4.69, 9.17) is 0 Å². The number of hydrogen-bond donors (Lipinski definition) is 2. The molecule has 3 rings (SSSR count). The van der Waals surface area contributed by atoms with Crippen LogP contribution in [-0.4, -0.2) is 24.0 Å². The lowest BCUT2D eigenvalue weighted by molar-refractivity contribution is -0.118. The van der Waals surface area contributed by atoms with Gasteiger partial charge >= 0.3 is 0 Å². The van der Waals surface area contributed by atoms with Gasteiger partial charge in [-0.25, -0.2) is 0 Å². The quantitative estimate of drug-likeness (QED) is 0.475. The first-order valence-corrected chi connectivity index (χ1v) is 9.87. The van der Waals surface area contributed by atoms with E-state index in [1.54, 1.807) is 31.2 Å². The van der Waals surface area contributed by atoms with E-state index < -0.39 is 0 Å². The summed E-state index contributed by atoms with van der Waals surface area (Å²) in [4.78, 5) is 17.8. The number of carbonyl (C=O) groups excluding carboxylic acids is 1. The van der Waals surface area contributed by atoms with Gasteiger partial charge in [-0.1, -0.05) is 36.4 Å². The van der Waals surface area contributed by atoms with E-state index in [2.05, 4.69) is 39.9 Å². The normalized spacial score (nSPS) is 10.9. The maximum atomic E-state index is 12.5. The maximum absolute atomic E-state index is 12.5. The second-order valence-electron chi connectivity index (χ2n) is 6.19. The molecule has 0 aliphatic rings. The molecule has 0 saturated carbocycles. The summed E-state index contributed by atoms with van der Waals surface area (Å²) in [5.74, 6) is 0.880. The van der Waals surface area contributed by atoms with Crippen LogP contribution in [0.1, 0.15) is 11.1 Å². The summed E-state index contributed by atoms with van der Waals surface area (Å²) in [5, 5.41) is 6.06. The standard InChI is InChI=1S/C22H23N3OS.2ClH/c1-23-21(14-18-8-5-13-24-15-18)22(26)25-19-9-11-20(12-10-19)27-16-17-6-3-2-4-7-17;;/h2-13,15,21,23H,14,16H2,1H3,(H,25,26);2*1H. The number of pyridine rings is 1. The molecule has 0 spiro atoms. The molecule has 7 heteroatoms. The van der Waals surface area contributed by atoms with E-state index >= 15 is 0 Å². The average molecular weight is 450 g/mol. The molecule has 4 nitrogen and oxygen atoms in total. The number of aromatic nitrogens is 1. The number of hydrogen-bond acceptors (Lipinski definition) is 4. The highest BCUT2D eigenvalue weighted by Gasteiger charge is 2.17.